The average molecular weight is 639 g/mol. The third-order valence-corrected chi connectivity index (χ3v) is 13.6. The van der Waals surface area contributed by atoms with Gasteiger partial charge < -0.3 is 39.0 Å². The van der Waals surface area contributed by atoms with Gasteiger partial charge in [-0.3, -0.25) is 0 Å². The van der Waals surface area contributed by atoms with Gasteiger partial charge in [-0.1, -0.05) is 77.7 Å². The van der Waals surface area contributed by atoms with Crippen molar-refractivity contribution in [1.29, 1.82) is 0 Å². The van der Waals surface area contributed by atoms with Crippen LogP contribution in [-0.4, -0.2) is 80.7 Å². The molecule has 9 nitrogen and oxygen atoms in total. The predicted molar refractivity (Wildman–Crippen MR) is 166 cm³/mol. The maximum atomic E-state index is 13.7. The van der Waals surface area contributed by atoms with E-state index in [9.17, 15) is 20.1 Å². The van der Waals surface area contributed by atoms with E-state index in [-0.39, 0.29) is 23.7 Å². The molecule has 4 saturated heterocycles. The monoisotopic (exact) mass is 638 g/mol. The van der Waals surface area contributed by atoms with Gasteiger partial charge in [0.15, 0.2) is 0 Å². The Bertz CT molecular complexity index is 1400. The molecule has 1 aromatic carbocycles. The zero-order valence-electron chi connectivity index (χ0n) is 27.5. The first-order valence-electron chi connectivity index (χ1n) is 17.6. The number of fused-ring (bicyclic) bond motifs is 1. The predicted octanol–water partition coefficient (Wildman–Crippen LogP) is 4.52. The highest BCUT2D eigenvalue weighted by molar-refractivity contribution is 5.89. The number of benzene rings is 1. The van der Waals surface area contributed by atoms with Crippen LogP contribution in [0, 0.1) is 35.5 Å². The van der Waals surface area contributed by atoms with Gasteiger partial charge in [0.1, 0.15) is 41.2 Å². The van der Waals surface area contributed by atoms with Crippen LogP contribution in [0.2, 0.25) is 0 Å². The molecule has 0 radical (unpaired) electrons. The van der Waals surface area contributed by atoms with Crippen LogP contribution in [0.15, 0.2) is 42.5 Å². The van der Waals surface area contributed by atoms with Gasteiger partial charge in [0.2, 0.25) is 0 Å². The van der Waals surface area contributed by atoms with Crippen LogP contribution in [0.1, 0.15) is 89.4 Å². The first-order valence-corrected chi connectivity index (χ1v) is 17.6. The van der Waals surface area contributed by atoms with E-state index < -0.39 is 77.2 Å². The number of rotatable bonds is 4. The van der Waals surface area contributed by atoms with Crippen LogP contribution >= 0.6 is 0 Å². The topological polar surface area (TPSA) is 127 Å². The molecule has 46 heavy (non-hydrogen) atoms. The van der Waals surface area contributed by atoms with Crippen LogP contribution in [0.25, 0.3) is 0 Å². The van der Waals surface area contributed by atoms with Crippen LogP contribution in [0.4, 0.5) is 0 Å². The average Bonchev–Trinajstić information content (AvgIpc) is 3.67. The molecule has 1 aromatic rings. The highest BCUT2D eigenvalue weighted by Gasteiger charge is 2.90. The van der Waals surface area contributed by atoms with Crippen molar-refractivity contribution >= 4 is 5.97 Å². The Labute approximate surface area is 271 Å². The lowest BCUT2D eigenvalue weighted by Gasteiger charge is -2.61. The lowest BCUT2D eigenvalue weighted by atomic mass is 9.52. The van der Waals surface area contributed by atoms with E-state index in [0.29, 0.717) is 18.4 Å². The van der Waals surface area contributed by atoms with Crippen molar-refractivity contribution in [3.8, 4) is 0 Å². The molecule has 4 heterocycles. The molecule has 3 aliphatic carbocycles. The summed E-state index contributed by atoms with van der Waals surface area (Å²) in [5.74, 6) is -3.61. The summed E-state index contributed by atoms with van der Waals surface area (Å²) in [7, 11) is 0. The first-order chi connectivity index (χ1) is 21.9. The van der Waals surface area contributed by atoms with Gasteiger partial charge in [0, 0.05) is 18.3 Å². The van der Waals surface area contributed by atoms with Crippen LogP contribution in [-0.2, 0) is 23.7 Å². The van der Waals surface area contributed by atoms with Gasteiger partial charge >= 0.3 is 5.97 Å². The number of epoxide rings is 1. The van der Waals surface area contributed by atoms with Crippen molar-refractivity contribution in [2.75, 3.05) is 6.61 Å². The Morgan fingerprint density at radius 1 is 1.02 bits per heavy atom. The van der Waals surface area contributed by atoms with E-state index in [4.69, 9.17) is 23.7 Å². The molecule has 3 saturated carbocycles. The molecule has 3 bridgehead atoms. The fourth-order valence-electron chi connectivity index (χ4n) is 11.6. The summed E-state index contributed by atoms with van der Waals surface area (Å²) in [5.41, 5.74) is -4.16. The summed E-state index contributed by atoms with van der Waals surface area (Å²) in [6.07, 6.45) is 3.37. The number of aliphatic hydroxyl groups excluding tert-OH is 2. The lowest BCUT2D eigenvalue weighted by molar-refractivity contribution is -0.437. The zero-order valence-corrected chi connectivity index (χ0v) is 27.5. The minimum atomic E-state index is -2.00. The highest BCUT2D eigenvalue weighted by atomic mass is 16.9. The molecule has 0 amide bonds. The minimum Gasteiger partial charge on any atom is -0.455 e. The zero-order chi connectivity index (χ0) is 32.4. The van der Waals surface area contributed by atoms with Crippen LogP contribution < -0.4 is 0 Å². The number of carbonyl (C=O) groups excluding carboxylic acids is 1. The maximum absolute atomic E-state index is 13.7. The van der Waals surface area contributed by atoms with Gasteiger partial charge in [-0.15, -0.1) is 0 Å². The van der Waals surface area contributed by atoms with E-state index in [0.717, 1.165) is 44.1 Å². The highest BCUT2D eigenvalue weighted by Crippen LogP contribution is 2.75. The van der Waals surface area contributed by atoms with Crippen LogP contribution in [0.3, 0.4) is 0 Å². The molecular weight excluding hydrogens is 588 g/mol. The molecular formula is C37H50O9. The Balaban J connectivity index is 1.36. The third kappa shape index (κ3) is 3.79. The largest absolute Gasteiger partial charge is 0.455 e. The van der Waals surface area contributed by atoms with Crippen molar-refractivity contribution in [3.05, 3.63) is 48.0 Å². The summed E-state index contributed by atoms with van der Waals surface area (Å²) >= 11 is 0. The van der Waals surface area contributed by atoms with E-state index in [2.05, 4.69) is 20.4 Å². The van der Waals surface area contributed by atoms with Gasteiger partial charge in [0.05, 0.1) is 17.8 Å². The number of carbonyl (C=O) groups is 1. The molecule has 15 atom stereocenters. The molecule has 3 N–H and O–H groups in total. The smallest absolute Gasteiger partial charge is 0.338 e. The standard InChI is InChI=1S/C37H50O9/c1-20(2)33-18-22(4)37-26-29(33)44-35(45-33,46-37)17-13-8-6-7-10-14-21(3)25-23(5)28(42-31(39)24-15-11-9-12-16-24)36(41,27(25)37)32(40)34(19-38)30(26)43-34/h9,11-12,15-16,21-23,25-30,32,38,40-41H,1,6-8,10,13-14,17-19H2,2-5H3/t21-,22-,23?,25?,26?,27-,28?,29-,30+,32?,33-,34?,35?,36?,37-/m1/s1. The molecule has 7 aliphatic rings. The SMILES string of the molecule is C=C(C)[C@]12C[C@@H](C)[C@@]34OC5(CCCCCCC[C@@H](C)C6C(C)C(OC(=O)c7ccccc7)C(O)(C(O)C7(CO)O[C@H]7C3[C@H]1O5)[C@@H]64)O2. The van der Waals surface area contributed by atoms with Crippen molar-refractivity contribution in [2.24, 2.45) is 35.5 Å². The lowest BCUT2D eigenvalue weighted by Crippen LogP contribution is -2.73. The van der Waals surface area contributed by atoms with Gasteiger partial charge in [-0.05, 0) is 61.1 Å². The summed E-state index contributed by atoms with van der Waals surface area (Å²) < 4.78 is 34.2. The summed E-state index contributed by atoms with van der Waals surface area (Å²) in [5, 5.41) is 37.0. The van der Waals surface area contributed by atoms with E-state index in [1.165, 1.54) is 0 Å². The first kappa shape index (κ1) is 31.4. The molecule has 8 unspecified atom stereocenters. The molecule has 252 valence electrons. The summed E-state index contributed by atoms with van der Waals surface area (Å²) in [6, 6.07) is 8.76. The third-order valence-electron chi connectivity index (χ3n) is 13.6. The van der Waals surface area contributed by atoms with E-state index in [1.807, 2.05) is 19.9 Å². The molecule has 2 spiro atoms. The Morgan fingerprint density at radius 3 is 2.46 bits per heavy atom. The fourth-order valence-corrected chi connectivity index (χ4v) is 11.6. The molecule has 0 aromatic heterocycles. The maximum Gasteiger partial charge on any atom is 0.338 e. The number of hydrogen-bond donors (Lipinski definition) is 3. The summed E-state index contributed by atoms with van der Waals surface area (Å²) in [6.45, 7) is 12.3. The molecule has 7 fully saturated rings. The fraction of sp³-hybridized carbons (Fsp3) is 0.757. The molecule has 9 heteroatoms. The van der Waals surface area contributed by atoms with Gasteiger partial charge in [0.25, 0.3) is 5.97 Å². The number of aliphatic hydroxyl groups is 3. The quantitative estimate of drug-likeness (QED) is 0.248. The summed E-state index contributed by atoms with van der Waals surface area (Å²) in [4.78, 5) is 13.7. The van der Waals surface area contributed by atoms with Crippen molar-refractivity contribution in [2.45, 2.75) is 132 Å². The van der Waals surface area contributed by atoms with Gasteiger partial charge in [-0.2, -0.15) is 0 Å². The van der Waals surface area contributed by atoms with E-state index in [1.54, 1.807) is 24.3 Å². The Morgan fingerprint density at radius 2 is 1.74 bits per heavy atom. The van der Waals surface area contributed by atoms with Crippen molar-refractivity contribution in [3.63, 3.8) is 0 Å². The van der Waals surface area contributed by atoms with Crippen molar-refractivity contribution < 1.29 is 43.8 Å². The minimum absolute atomic E-state index is 0.122. The number of ether oxygens (including phenoxy) is 5. The number of hydrogen-bond acceptors (Lipinski definition) is 9. The second-order valence-electron chi connectivity index (χ2n) is 15.9. The Kier molecular flexibility index (Phi) is 7.06. The van der Waals surface area contributed by atoms with Crippen molar-refractivity contribution in [1.82, 2.24) is 0 Å². The Hall–Kier alpha value is -1.85. The van der Waals surface area contributed by atoms with Gasteiger partial charge in [-0.25, -0.2) is 4.79 Å². The molecule has 4 aliphatic heterocycles. The van der Waals surface area contributed by atoms with E-state index >= 15 is 0 Å². The second kappa shape index (κ2) is 10.3. The normalized spacial score (nSPS) is 53.6. The molecule has 8 rings (SSSR count). The second-order valence-corrected chi connectivity index (χ2v) is 15.9. The number of esters is 1. The van der Waals surface area contributed by atoms with Crippen LogP contribution in [0.5, 0.6) is 0 Å².